The molecular formula is C27H32ClN7O. The number of anilines is 1. The fourth-order valence-corrected chi connectivity index (χ4v) is 5.85. The number of amidine groups is 1. The lowest BCUT2D eigenvalue weighted by atomic mass is 9.97. The molecule has 188 valence electrons. The lowest BCUT2D eigenvalue weighted by Gasteiger charge is -2.47. The molecule has 1 aromatic heterocycles. The van der Waals surface area contributed by atoms with Crippen LogP contribution in [0.3, 0.4) is 0 Å². The molecule has 3 aliphatic rings. The number of benzene rings is 1. The number of aromatic nitrogens is 1. The Bertz CT molecular complexity index is 1170. The van der Waals surface area contributed by atoms with Gasteiger partial charge in [-0.15, -0.1) is 0 Å². The summed E-state index contributed by atoms with van der Waals surface area (Å²) in [6.07, 6.45) is 4.87. The number of carbonyl (C=O) groups is 1. The fourth-order valence-electron chi connectivity index (χ4n) is 5.56. The standard InChI is InChI=1S/C27H32ClN7O/c1-2-22-18-34(26-24(28)15-21(17-32-26)25-30-9-10-31-25)13-14-35(22)23-7-11-33(12-8-23)27(36)20-5-3-19(16-29)4-6-20/h3-6,15,17,22-23H,2,7-14,18H2,1H3,(H,30,31)/t22-/m0/s1. The molecule has 0 spiro atoms. The monoisotopic (exact) mass is 505 g/mol. The van der Waals surface area contributed by atoms with Gasteiger partial charge in [-0.25, -0.2) is 4.98 Å². The number of nitrogens with one attached hydrogen (secondary N) is 1. The van der Waals surface area contributed by atoms with Gasteiger partial charge in [-0.1, -0.05) is 18.5 Å². The van der Waals surface area contributed by atoms with E-state index in [0.717, 1.165) is 82.3 Å². The van der Waals surface area contributed by atoms with Gasteiger partial charge in [0, 0.05) is 68.7 Å². The van der Waals surface area contributed by atoms with Crippen LogP contribution in [0.4, 0.5) is 5.82 Å². The van der Waals surface area contributed by atoms with Crippen molar-refractivity contribution in [3.8, 4) is 6.07 Å². The predicted octanol–water partition coefficient (Wildman–Crippen LogP) is 3.16. The largest absolute Gasteiger partial charge is 0.368 e. The summed E-state index contributed by atoms with van der Waals surface area (Å²) >= 11 is 6.68. The second kappa shape index (κ2) is 10.9. The van der Waals surface area contributed by atoms with E-state index in [4.69, 9.17) is 21.8 Å². The fraction of sp³-hybridized carbons (Fsp3) is 0.481. The van der Waals surface area contributed by atoms with Crippen molar-refractivity contribution in [3.05, 3.63) is 58.2 Å². The maximum absolute atomic E-state index is 12.9. The summed E-state index contributed by atoms with van der Waals surface area (Å²) in [6, 6.07) is 11.9. The van der Waals surface area contributed by atoms with Crippen LogP contribution in [0, 0.1) is 11.3 Å². The second-order valence-corrected chi connectivity index (χ2v) is 10.1. The zero-order valence-corrected chi connectivity index (χ0v) is 21.4. The van der Waals surface area contributed by atoms with Crippen LogP contribution in [0.1, 0.15) is 47.7 Å². The van der Waals surface area contributed by atoms with Gasteiger partial charge in [0.1, 0.15) is 11.7 Å². The maximum Gasteiger partial charge on any atom is 0.253 e. The number of piperidine rings is 1. The molecule has 0 aliphatic carbocycles. The SMILES string of the molecule is CC[C@H]1CN(c2ncc(C3=NCCN3)cc2Cl)CCN1C1CCN(C(=O)c2ccc(C#N)cc2)CC1. The Balaban J connectivity index is 1.19. The van der Waals surface area contributed by atoms with E-state index in [1.165, 1.54) is 0 Å². The number of nitriles is 1. The summed E-state index contributed by atoms with van der Waals surface area (Å²) < 4.78 is 0. The van der Waals surface area contributed by atoms with E-state index >= 15 is 0 Å². The molecule has 1 atom stereocenters. The topological polar surface area (TPSA) is 87.9 Å². The molecule has 8 nitrogen and oxygen atoms in total. The van der Waals surface area contributed by atoms with Gasteiger partial charge in [0.05, 0.1) is 23.2 Å². The zero-order valence-electron chi connectivity index (χ0n) is 20.7. The van der Waals surface area contributed by atoms with E-state index < -0.39 is 0 Å². The molecule has 9 heteroatoms. The lowest BCUT2D eigenvalue weighted by Crippen LogP contribution is -2.58. The van der Waals surface area contributed by atoms with Gasteiger partial charge in [-0.3, -0.25) is 14.7 Å². The first-order valence-electron chi connectivity index (χ1n) is 12.8. The third-order valence-corrected chi connectivity index (χ3v) is 7.83. The molecule has 4 heterocycles. The Hall–Kier alpha value is -3.15. The minimum absolute atomic E-state index is 0.0535. The second-order valence-electron chi connectivity index (χ2n) is 9.64. The number of rotatable bonds is 5. The van der Waals surface area contributed by atoms with Crippen molar-refractivity contribution >= 4 is 29.2 Å². The third-order valence-electron chi connectivity index (χ3n) is 7.55. The lowest BCUT2D eigenvalue weighted by molar-refractivity contribution is 0.0491. The van der Waals surface area contributed by atoms with Gasteiger partial charge in [-0.05, 0) is 49.6 Å². The summed E-state index contributed by atoms with van der Waals surface area (Å²) in [5.74, 6) is 1.77. The van der Waals surface area contributed by atoms with Crippen LogP contribution in [0.25, 0.3) is 0 Å². The predicted molar refractivity (Wildman–Crippen MR) is 142 cm³/mol. The number of hydrogen-bond acceptors (Lipinski definition) is 7. The molecule has 5 rings (SSSR count). The number of nitrogens with zero attached hydrogens (tertiary/aromatic N) is 6. The summed E-state index contributed by atoms with van der Waals surface area (Å²) in [5.41, 5.74) is 2.16. The van der Waals surface area contributed by atoms with Crippen molar-refractivity contribution in [3.63, 3.8) is 0 Å². The minimum Gasteiger partial charge on any atom is -0.368 e. The highest BCUT2D eigenvalue weighted by Gasteiger charge is 2.35. The van der Waals surface area contributed by atoms with Crippen molar-refractivity contribution in [2.75, 3.05) is 50.7 Å². The van der Waals surface area contributed by atoms with Gasteiger partial charge < -0.3 is 15.1 Å². The van der Waals surface area contributed by atoms with Crippen molar-refractivity contribution in [1.29, 1.82) is 5.26 Å². The first kappa shape index (κ1) is 24.5. The van der Waals surface area contributed by atoms with Crippen LogP contribution in [0.5, 0.6) is 0 Å². The van der Waals surface area contributed by atoms with Crippen LogP contribution in [-0.4, -0.2) is 84.4 Å². The maximum atomic E-state index is 12.9. The van der Waals surface area contributed by atoms with Crippen LogP contribution in [0.15, 0.2) is 41.5 Å². The molecule has 0 saturated carbocycles. The summed E-state index contributed by atoms with van der Waals surface area (Å²) in [4.78, 5) is 29.0. The van der Waals surface area contributed by atoms with Crippen molar-refractivity contribution in [1.82, 2.24) is 20.1 Å². The molecule has 1 N–H and O–H groups in total. The number of amides is 1. The number of halogens is 1. The third kappa shape index (κ3) is 5.04. The smallest absolute Gasteiger partial charge is 0.253 e. The average molecular weight is 506 g/mol. The van der Waals surface area contributed by atoms with E-state index in [2.05, 4.69) is 33.1 Å². The molecule has 2 fully saturated rings. The summed E-state index contributed by atoms with van der Waals surface area (Å²) in [6.45, 7) is 8.14. The van der Waals surface area contributed by atoms with Crippen LogP contribution < -0.4 is 10.2 Å². The van der Waals surface area contributed by atoms with Crippen molar-refractivity contribution in [2.24, 2.45) is 4.99 Å². The normalized spacial score (nSPS) is 21.1. The number of carbonyl (C=O) groups excluding carboxylic acids is 1. The van der Waals surface area contributed by atoms with E-state index in [9.17, 15) is 4.79 Å². The van der Waals surface area contributed by atoms with E-state index in [1.54, 1.807) is 24.3 Å². The molecule has 1 aromatic carbocycles. The van der Waals surface area contributed by atoms with E-state index in [0.29, 0.717) is 28.2 Å². The number of aliphatic imine (C=N–C) groups is 1. The molecule has 1 amide bonds. The summed E-state index contributed by atoms with van der Waals surface area (Å²) in [5, 5.41) is 12.9. The zero-order chi connectivity index (χ0) is 25.1. The molecule has 0 bridgehead atoms. The Morgan fingerprint density at radius 3 is 2.61 bits per heavy atom. The molecule has 36 heavy (non-hydrogen) atoms. The highest BCUT2D eigenvalue weighted by atomic mass is 35.5. The molecule has 2 aromatic rings. The number of likely N-dealkylation sites (tertiary alicyclic amines) is 1. The molecule has 2 saturated heterocycles. The Kier molecular flexibility index (Phi) is 7.40. The van der Waals surface area contributed by atoms with Crippen molar-refractivity contribution in [2.45, 2.75) is 38.3 Å². The Labute approximate surface area is 217 Å². The Morgan fingerprint density at radius 2 is 1.97 bits per heavy atom. The van der Waals surface area contributed by atoms with Crippen LogP contribution in [0.2, 0.25) is 5.02 Å². The highest BCUT2D eigenvalue weighted by molar-refractivity contribution is 6.33. The molecule has 0 unspecified atom stereocenters. The van der Waals surface area contributed by atoms with Crippen molar-refractivity contribution < 1.29 is 4.79 Å². The van der Waals surface area contributed by atoms with Gasteiger partial charge in [0.25, 0.3) is 5.91 Å². The van der Waals surface area contributed by atoms with Crippen LogP contribution in [-0.2, 0) is 0 Å². The van der Waals surface area contributed by atoms with Gasteiger partial charge in [0.15, 0.2) is 0 Å². The highest BCUT2D eigenvalue weighted by Crippen LogP contribution is 2.30. The molecular weight excluding hydrogens is 474 g/mol. The Morgan fingerprint density at radius 1 is 1.19 bits per heavy atom. The first-order chi connectivity index (χ1) is 17.6. The van der Waals surface area contributed by atoms with Gasteiger partial charge in [-0.2, -0.15) is 5.26 Å². The number of pyridine rings is 1. The first-order valence-corrected chi connectivity index (χ1v) is 13.2. The minimum atomic E-state index is 0.0535. The van der Waals surface area contributed by atoms with Gasteiger partial charge in [0.2, 0.25) is 0 Å². The summed E-state index contributed by atoms with van der Waals surface area (Å²) in [7, 11) is 0. The van der Waals surface area contributed by atoms with E-state index in [1.807, 2.05) is 17.2 Å². The molecule has 3 aliphatic heterocycles. The number of piperazine rings is 1. The van der Waals surface area contributed by atoms with Crippen LogP contribution >= 0.6 is 11.6 Å². The van der Waals surface area contributed by atoms with Gasteiger partial charge >= 0.3 is 0 Å². The van der Waals surface area contributed by atoms with E-state index in [-0.39, 0.29) is 5.91 Å². The quantitative estimate of drug-likeness (QED) is 0.671. The number of hydrogen-bond donors (Lipinski definition) is 1. The molecule has 0 radical (unpaired) electrons. The average Bonchev–Trinajstić information content (AvgIpc) is 3.48.